The Morgan fingerprint density at radius 1 is 0.304 bits per heavy atom. The molecule has 0 spiro atoms. The second kappa shape index (κ2) is 12.0. The molecule has 9 aromatic carbocycles. The number of para-hydroxylation sites is 3. The Balaban J connectivity index is 1.05. The predicted octanol–water partition coefficient (Wildman–Crippen LogP) is 15.3. The van der Waals surface area contributed by atoms with E-state index in [0.717, 1.165) is 105 Å². The fraction of sp³-hybridized carbons (Fsp3) is 0. The molecule has 262 valence electrons. The van der Waals surface area contributed by atoms with Crippen LogP contribution in [0, 0.1) is 0 Å². The minimum atomic E-state index is 0.865. The predicted molar refractivity (Wildman–Crippen MR) is 231 cm³/mol. The van der Waals surface area contributed by atoms with Crippen molar-refractivity contribution in [3.63, 3.8) is 0 Å². The molecule has 0 amide bonds. The molecule has 0 aliphatic rings. The molecule has 0 unspecified atom stereocenters. The molecule has 0 atom stereocenters. The van der Waals surface area contributed by atoms with Crippen molar-refractivity contribution in [3.05, 3.63) is 188 Å². The van der Waals surface area contributed by atoms with Crippen LogP contribution in [0.1, 0.15) is 0 Å². The smallest absolute Gasteiger partial charge is 0.136 e. The number of fused-ring (bicyclic) bond motifs is 10. The van der Waals surface area contributed by atoms with E-state index in [2.05, 4.69) is 163 Å². The number of hydrogen-bond acceptors (Lipinski definition) is 4. The molecule has 0 aliphatic carbocycles. The molecule has 0 saturated carbocycles. The fourth-order valence-electron chi connectivity index (χ4n) is 8.63. The summed E-state index contributed by atoms with van der Waals surface area (Å²) in [5, 5.41) is 9.00. The molecule has 56 heavy (non-hydrogen) atoms. The van der Waals surface area contributed by atoms with Crippen molar-refractivity contribution in [3.8, 4) is 22.3 Å². The van der Waals surface area contributed by atoms with Crippen LogP contribution in [0.3, 0.4) is 0 Å². The topological polar surface area (TPSA) is 42.7 Å². The Kier molecular flexibility index (Phi) is 6.60. The van der Waals surface area contributed by atoms with Gasteiger partial charge in [0.15, 0.2) is 0 Å². The molecule has 0 aliphatic heterocycles. The first-order chi connectivity index (χ1) is 27.7. The van der Waals surface area contributed by atoms with Crippen molar-refractivity contribution in [2.45, 2.75) is 0 Å². The standard InChI is InChI=1S/C52H31NO3/c1-2-11-34-30-51-43(28-33(34)10-1)42-29-35(22-26-48(42)56-51)38-12-3-6-16-45(38)53(37-25-27-49-44(31-37)40-13-4-7-17-46(40)54-49)36-23-20-32(21-24-36)39-15-9-19-50-52(39)41-14-5-8-18-47(41)55-50/h1-31H. The second-order valence-electron chi connectivity index (χ2n) is 14.5. The number of nitrogens with zero attached hydrogens (tertiary/aromatic N) is 1. The number of furan rings is 3. The number of hydrogen-bond donors (Lipinski definition) is 0. The van der Waals surface area contributed by atoms with Gasteiger partial charge in [-0.1, -0.05) is 109 Å². The molecule has 3 aromatic heterocycles. The van der Waals surface area contributed by atoms with Gasteiger partial charge in [0.2, 0.25) is 0 Å². The Morgan fingerprint density at radius 2 is 0.857 bits per heavy atom. The zero-order valence-electron chi connectivity index (χ0n) is 30.1. The Bertz CT molecular complexity index is 3490. The van der Waals surface area contributed by atoms with Gasteiger partial charge in [0.25, 0.3) is 0 Å². The molecule has 0 fully saturated rings. The highest BCUT2D eigenvalue weighted by Crippen LogP contribution is 2.45. The van der Waals surface area contributed by atoms with Crippen LogP contribution in [0.2, 0.25) is 0 Å². The van der Waals surface area contributed by atoms with Gasteiger partial charge in [0.1, 0.15) is 33.5 Å². The quantitative estimate of drug-likeness (QED) is 0.178. The van der Waals surface area contributed by atoms with Gasteiger partial charge in [0.05, 0.1) is 5.69 Å². The van der Waals surface area contributed by atoms with E-state index in [1.807, 2.05) is 30.3 Å². The molecular weight excluding hydrogens is 687 g/mol. The van der Waals surface area contributed by atoms with Crippen LogP contribution < -0.4 is 4.90 Å². The first kappa shape index (κ1) is 30.9. The molecule has 4 nitrogen and oxygen atoms in total. The highest BCUT2D eigenvalue weighted by atomic mass is 16.3. The SMILES string of the molecule is c1ccc(N(c2ccc(-c3cccc4oc5ccccc5c34)cc2)c2ccc3oc4ccccc4c3c2)c(-c2ccc3oc4cc5ccccc5cc4c3c2)c1. The maximum atomic E-state index is 6.40. The van der Waals surface area contributed by atoms with E-state index in [0.29, 0.717) is 0 Å². The van der Waals surface area contributed by atoms with Crippen LogP contribution in [-0.4, -0.2) is 0 Å². The van der Waals surface area contributed by atoms with Crippen LogP contribution >= 0.6 is 0 Å². The molecule has 0 radical (unpaired) electrons. The van der Waals surface area contributed by atoms with E-state index in [9.17, 15) is 0 Å². The largest absolute Gasteiger partial charge is 0.456 e. The van der Waals surface area contributed by atoms with E-state index < -0.39 is 0 Å². The van der Waals surface area contributed by atoms with Crippen molar-refractivity contribution in [2.75, 3.05) is 4.90 Å². The van der Waals surface area contributed by atoms with Crippen LogP contribution in [0.5, 0.6) is 0 Å². The van der Waals surface area contributed by atoms with Crippen molar-refractivity contribution in [1.29, 1.82) is 0 Å². The summed E-state index contributed by atoms with van der Waals surface area (Å²) in [4.78, 5) is 2.36. The minimum Gasteiger partial charge on any atom is -0.456 e. The molecular formula is C52H31NO3. The number of benzene rings is 9. The molecule has 0 saturated heterocycles. The third kappa shape index (κ3) is 4.73. The molecule has 0 N–H and O–H groups in total. The van der Waals surface area contributed by atoms with E-state index in [1.54, 1.807) is 0 Å². The summed E-state index contributed by atoms with van der Waals surface area (Å²) in [7, 11) is 0. The van der Waals surface area contributed by atoms with Crippen molar-refractivity contribution in [1.82, 2.24) is 0 Å². The minimum absolute atomic E-state index is 0.865. The highest BCUT2D eigenvalue weighted by Gasteiger charge is 2.21. The lowest BCUT2D eigenvalue weighted by atomic mass is 9.97. The summed E-state index contributed by atoms with van der Waals surface area (Å²) in [6.45, 7) is 0. The molecule has 0 bridgehead atoms. The summed E-state index contributed by atoms with van der Waals surface area (Å²) < 4.78 is 18.9. The summed E-state index contributed by atoms with van der Waals surface area (Å²) in [5.74, 6) is 0. The van der Waals surface area contributed by atoms with Gasteiger partial charge in [-0.2, -0.15) is 0 Å². The van der Waals surface area contributed by atoms with Gasteiger partial charge in [-0.3, -0.25) is 0 Å². The Labute approximate surface area is 321 Å². The van der Waals surface area contributed by atoms with Crippen molar-refractivity contribution < 1.29 is 13.3 Å². The third-order valence-electron chi connectivity index (χ3n) is 11.3. The van der Waals surface area contributed by atoms with Gasteiger partial charge in [-0.15, -0.1) is 0 Å². The van der Waals surface area contributed by atoms with Crippen LogP contribution in [-0.2, 0) is 0 Å². The van der Waals surface area contributed by atoms with E-state index in [-0.39, 0.29) is 0 Å². The van der Waals surface area contributed by atoms with Crippen LogP contribution in [0.25, 0.3) is 98.8 Å². The van der Waals surface area contributed by atoms with Crippen molar-refractivity contribution in [2.24, 2.45) is 0 Å². The molecule has 12 rings (SSSR count). The summed E-state index contributed by atoms with van der Waals surface area (Å²) in [6.07, 6.45) is 0. The summed E-state index contributed by atoms with van der Waals surface area (Å²) in [6, 6.07) is 66.3. The normalized spacial score (nSPS) is 11.9. The van der Waals surface area contributed by atoms with E-state index >= 15 is 0 Å². The first-order valence-electron chi connectivity index (χ1n) is 18.9. The molecule has 12 aromatic rings. The zero-order valence-corrected chi connectivity index (χ0v) is 30.1. The summed E-state index contributed by atoms with van der Waals surface area (Å²) in [5.41, 5.74) is 12.9. The lowest BCUT2D eigenvalue weighted by Gasteiger charge is -2.28. The fourth-order valence-corrected chi connectivity index (χ4v) is 8.63. The van der Waals surface area contributed by atoms with E-state index in [4.69, 9.17) is 13.3 Å². The van der Waals surface area contributed by atoms with Crippen LogP contribution in [0.15, 0.2) is 201 Å². The lowest BCUT2D eigenvalue weighted by Crippen LogP contribution is -2.11. The Morgan fingerprint density at radius 3 is 1.71 bits per heavy atom. The lowest BCUT2D eigenvalue weighted by molar-refractivity contribution is 0.668. The first-order valence-corrected chi connectivity index (χ1v) is 18.9. The van der Waals surface area contributed by atoms with Crippen molar-refractivity contribution >= 4 is 93.7 Å². The van der Waals surface area contributed by atoms with Crippen LogP contribution in [0.4, 0.5) is 17.1 Å². The molecule has 4 heteroatoms. The number of anilines is 3. The monoisotopic (exact) mass is 717 g/mol. The van der Waals surface area contributed by atoms with Gasteiger partial charge in [-0.25, -0.2) is 0 Å². The van der Waals surface area contributed by atoms with Gasteiger partial charge < -0.3 is 18.2 Å². The maximum Gasteiger partial charge on any atom is 0.136 e. The van der Waals surface area contributed by atoms with Gasteiger partial charge in [0, 0.05) is 49.3 Å². The van der Waals surface area contributed by atoms with Gasteiger partial charge in [-0.05, 0) is 106 Å². The van der Waals surface area contributed by atoms with Gasteiger partial charge >= 0.3 is 0 Å². The molecule has 3 heterocycles. The highest BCUT2D eigenvalue weighted by molar-refractivity contribution is 6.13. The Hall–Kier alpha value is -7.56. The average Bonchev–Trinajstić information content (AvgIpc) is 3.94. The third-order valence-corrected chi connectivity index (χ3v) is 11.3. The average molecular weight is 718 g/mol. The summed E-state index contributed by atoms with van der Waals surface area (Å²) >= 11 is 0. The van der Waals surface area contributed by atoms with E-state index in [1.165, 1.54) is 10.8 Å². The number of rotatable bonds is 5. The second-order valence-corrected chi connectivity index (χ2v) is 14.5. The maximum absolute atomic E-state index is 6.40. The zero-order chi connectivity index (χ0) is 36.7.